The van der Waals surface area contributed by atoms with Crippen LogP contribution in [-0.4, -0.2) is 67.1 Å². The fourth-order valence-corrected chi connectivity index (χ4v) is 4.02. The first-order valence-corrected chi connectivity index (χ1v) is 8.13. The summed E-state index contributed by atoms with van der Waals surface area (Å²) < 4.78 is 18.5. The molecule has 126 valence electrons. The van der Waals surface area contributed by atoms with E-state index in [-0.39, 0.29) is 11.3 Å². The zero-order valence-electron chi connectivity index (χ0n) is 13.8. The average molecular weight is 321 g/mol. The number of pyridine rings is 1. The van der Waals surface area contributed by atoms with Gasteiger partial charge in [-0.1, -0.05) is 0 Å². The van der Waals surface area contributed by atoms with Crippen molar-refractivity contribution in [1.29, 1.82) is 0 Å². The number of carbonyl (C=O) groups is 1. The minimum atomic E-state index is -0.607. The smallest absolute Gasteiger partial charge is 0.254 e. The van der Waals surface area contributed by atoms with Gasteiger partial charge in [0, 0.05) is 50.6 Å². The van der Waals surface area contributed by atoms with Crippen molar-refractivity contribution < 1.29 is 13.9 Å². The maximum atomic E-state index is 13.2. The first-order valence-electron chi connectivity index (χ1n) is 8.13. The largest absolute Gasteiger partial charge is 0.383 e. The van der Waals surface area contributed by atoms with E-state index in [1.807, 2.05) is 4.90 Å². The SMILES string of the molecule is COCC1CC2(CCN(C(=O)c3ccnc(F)c3)CC2)CN1C. The van der Waals surface area contributed by atoms with Crippen LogP contribution in [0.5, 0.6) is 0 Å². The molecule has 1 spiro atoms. The average Bonchev–Trinajstić information content (AvgIpc) is 2.83. The molecule has 5 nitrogen and oxygen atoms in total. The van der Waals surface area contributed by atoms with Gasteiger partial charge in [-0.05, 0) is 37.8 Å². The second kappa shape index (κ2) is 6.53. The molecule has 2 aliphatic heterocycles. The molecule has 0 saturated carbocycles. The second-order valence-electron chi connectivity index (χ2n) is 6.89. The predicted molar refractivity (Wildman–Crippen MR) is 84.7 cm³/mol. The highest BCUT2D eigenvalue weighted by Crippen LogP contribution is 2.42. The lowest BCUT2D eigenvalue weighted by Crippen LogP contribution is -2.44. The van der Waals surface area contributed by atoms with Crippen LogP contribution in [-0.2, 0) is 4.74 Å². The van der Waals surface area contributed by atoms with Gasteiger partial charge in [0.2, 0.25) is 5.95 Å². The molecule has 1 aromatic rings. The van der Waals surface area contributed by atoms with Crippen molar-refractivity contribution in [3.63, 3.8) is 0 Å². The van der Waals surface area contributed by atoms with Crippen LogP contribution in [0.4, 0.5) is 4.39 Å². The van der Waals surface area contributed by atoms with Gasteiger partial charge in [-0.2, -0.15) is 4.39 Å². The van der Waals surface area contributed by atoms with E-state index in [0.29, 0.717) is 11.6 Å². The highest BCUT2D eigenvalue weighted by Gasteiger charge is 2.44. The highest BCUT2D eigenvalue weighted by atomic mass is 19.1. The molecular formula is C17H24FN3O2. The van der Waals surface area contributed by atoms with Crippen molar-refractivity contribution >= 4 is 5.91 Å². The van der Waals surface area contributed by atoms with Crippen LogP contribution in [0, 0.1) is 11.4 Å². The summed E-state index contributed by atoms with van der Waals surface area (Å²) >= 11 is 0. The van der Waals surface area contributed by atoms with Crippen LogP contribution in [0.2, 0.25) is 0 Å². The van der Waals surface area contributed by atoms with Gasteiger partial charge in [-0.25, -0.2) is 4.98 Å². The van der Waals surface area contributed by atoms with E-state index >= 15 is 0 Å². The summed E-state index contributed by atoms with van der Waals surface area (Å²) in [6.45, 7) is 3.29. The number of carbonyl (C=O) groups excluding carboxylic acids is 1. The molecule has 1 aromatic heterocycles. The molecule has 0 radical (unpaired) electrons. The van der Waals surface area contributed by atoms with E-state index < -0.39 is 5.95 Å². The molecule has 3 rings (SSSR count). The maximum Gasteiger partial charge on any atom is 0.254 e. The van der Waals surface area contributed by atoms with Gasteiger partial charge < -0.3 is 14.5 Å². The Morgan fingerprint density at radius 1 is 1.48 bits per heavy atom. The van der Waals surface area contributed by atoms with Gasteiger partial charge in [0.25, 0.3) is 5.91 Å². The second-order valence-corrected chi connectivity index (χ2v) is 6.89. The molecule has 0 N–H and O–H groups in total. The molecule has 1 atom stereocenters. The zero-order chi connectivity index (χ0) is 16.4. The lowest BCUT2D eigenvalue weighted by Gasteiger charge is -2.39. The lowest BCUT2D eigenvalue weighted by molar-refractivity contribution is 0.0591. The molecular weight excluding hydrogens is 297 g/mol. The Balaban J connectivity index is 1.61. The number of methoxy groups -OCH3 is 1. The molecule has 0 aliphatic carbocycles. The fourth-order valence-electron chi connectivity index (χ4n) is 4.02. The van der Waals surface area contributed by atoms with Crippen molar-refractivity contribution in [2.24, 2.45) is 5.41 Å². The van der Waals surface area contributed by atoms with Crippen molar-refractivity contribution in [3.8, 4) is 0 Å². The normalized spacial score (nSPS) is 24.3. The number of aromatic nitrogens is 1. The van der Waals surface area contributed by atoms with Gasteiger partial charge in [0.1, 0.15) is 0 Å². The summed E-state index contributed by atoms with van der Waals surface area (Å²) in [4.78, 5) is 20.2. The van der Waals surface area contributed by atoms with Crippen LogP contribution in [0.15, 0.2) is 18.3 Å². The molecule has 2 fully saturated rings. The summed E-state index contributed by atoms with van der Waals surface area (Å²) in [5.74, 6) is -0.704. The number of likely N-dealkylation sites (N-methyl/N-ethyl adjacent to an activating group) is 1. The molecule has 2 saturated heterocycles. The predicted octanol–water partition coefficient (Wildman–Crippen LogP) is 1.79. The molecule has 6 heteroatoms. The maximum absolute atomic E-state index is 13.2. The van der Waals surface area contributed by atoms with Crippen molar-refractivity contribution in [3.05, 3.63) is 29.8 Å². The Bertz CT molecular complexity index is 573. The summed E-state index contributed by atoms with van der Waals surface area (Å²) in [7, 11) is 3.89. The number of hydrogen-bond acceptors (Lipinski definition) is 4. The Morgan fingerprint density at radius 2 is 2.22 bits per heavy atom. The van der Waals surface area contributed by atoms with Gasteiger partial charge >= 0.3 is 0 Å². The van der Waals surface area contributed by atoms with E-state index in [0.717, 1.165) is 45.5 Å². The number of piperidine rings is 1. The first-order chi connectivity index (χ1) is 11.0. The number of hydrogen-bond donors (Lipinski definition) is 0. The summed E-state index contributed by atoms with van der Waals surface area (Å²) in [6, 6.07) is 3.26. The third-order valence-corrected chi connectivity index (χ3v) is 5.32. The standard InChI is InChI=1S/C17H24FN3O2/c1-20-12-17(10-14(20)11-23-2)4-7-21(8-5-17)16(22)13-3-6-19-15(18)9-13/h3,6,9,14H,4-5,7-8,10-12H2,1-2H3. The van der Waals surface area contributed by atoms with Crippen molar-refractivity contribution in [1.82, 2.24) is 14.8 Å². The quantitative estimate of drug-likeness (QED) is 0.797. The van der Waals surface area contributed by atoms with Gasteiger partial charge in [-0.3, -0.25) is 4.79 Å². The monoisotopic (exact) mass is 321 g/mol. The number of rotatable bonds is 3. The molecule has 1 amide bonds. The van der Waals surface area contributed by atoms with Crippen LogP contribution in [0.3, 0.4) is 0 Å². The van der Waals surface area contributed by atoms with Gasteiger partial charge in [0.05, 0.1) is 6.61 Å². The van der Waals surface area contributed by atoms with E-state index in [2.05, 4.69) is 16.9 Å². The van der Waals surface area contributed by atoms with Crippen LogP contribution < -0.4 is 0 Å². The van der Waals surface area contributed by atoms with Crippen molar-refractivity contribution in [2.45, 2.75) is 25.3 Å². The zero-order valence-corrected chi connectivity index (χ0v) is 13.8. The number of nitrogens with zero attached hydrogens (tertiary/aromatic N) is 3. The summed E-state index contributed by atoms with van der Waals surface area (Å²) in [5, 5.41) is 0. The molecule has 2 aliphatic rings. The Morgan fingerprint density at radius 3 is 2.87 bits per heavy atom. The van der Waals surface area contributed by atoms with Gasteiger partial charge in [-0.15, -0.1) is 0 Å². The Labute approximate surface area is 136 Å². The lowest BCUT2D eigenvalue weighted by atomic mass is 9.76. The van der Waals surface area contributed by atoms with Crippen LogP contribution in [0.25, 0.3) is 0 Å². The minimum Gasteiger partial charge on any atom is -0.383 e. The van der Waals surface area contributed by atoms with Crippen LogP contribution >= 0.6 is 0 Å². The number of ether oxygens (including phenoxy) is 1. The fraction of sp³-hybridized carbons (Fsp3) is 0.647. The van der Waals surface area contributed by atoms with E-state index in [1.165, 1.54) is 12.3 Å². The molecule has 0 bridgehead atoms. The van der Waals surface area contributed by atoms with E-state index in [4.69, 9.17) is 4.74 Å². The molecule has 3 heterocycles. The summed E-state index contributed by atoms with van der Waals surface area (Å²) in [5.41, 5.74) is 0.673. The van der Waals surface area contributed by atoms with E-state index in [9.17, 15) is 9.18 Å². The number of likely N-dealkylation sites (tertiary alicyclic amines) is 2. The number of amides is 1. The Hall–Kier alpha value is -1.53. The number of halogens is 1. The van der Waals surface area contributed by atoms with E-state index in [1.54, 1.807) is 13.2 Å². The Kier molecular flexibility index (Phi) is 4.64. The molecule has 1 unspecified atom stereocenters. The third kappa shape index (κ3) is 3.38. The third-order valence-electron chi connectivity index (χ3n) is 5.32. The first kappa shape index (κ1) is 16.3. The highest BCUT2D eigenvalue weighted by molar-refractivity contribution is 5.94. The van der Waals surface area contributed by atoms with Crippen molar-refractivity contribution in [2.75, 3.05) is 40.4 Å². The van der Waals surface area contributed by atoms with Crippen LogP contribution in [0.1, 0.15) is 29.6 Å². The molecule has 0 aromatic carbocycles. The van der Waals surface area contributed by atoms with Gasteiger partial charge in [0.15, 0.2) is 0 Å². The summed E-state index contributed by atoms with van der Waals surface area (Å²) in [6.07, 6.45) is 4.46. The minimum absolute atomic E-state index is 0.0963. The molecule has 23 heavy (non-hydrogen) atoms. The topological polar surface area (TPSA) is 45.7 Å².